The first kappa shape index (κ1) is 16.3. The summed E-state index contributed by atoms with van der Waals surface area (Å²) in [6, 6.07) is 9.27. The molecule has 0 N–H and O–H groups in total. The summed E-state index contributed by atoms with van der Waals surface area (Å²) in [6.45, 7) is 2.49. The van der Waals surface area contributed by atoms with Crippen molar-refractivity contribution < 1.29 is 19.1 Å². The molecule has 0 unspecified atom stereocenters. The monoisotopic (exact) mass is 306 g/mol. The Morgan fingerprint density at radius 3 is 2.14 bits per heavy atom. The van der Waals surface area contributed by atoms with E-state index < -0.39 is 0 Å². The van der Waals surface area contributed by atoms with Crippen molar-refractivity contribution in [2.45, 2.75) is 6.42 Å². The Labute approximate surface area is 130 Å². The minimum atomic E-state index is -0.0510. The van der Waals surface area contributed by atoms with Gasteiger partial charge in [0.05, 0.1) is 0 Å². The zero-order valence-corrected chi connectivity index (χ0v) is 12.9. The molecule has 1 saturated heterocycles. The van der Waals surface area contributed by atoms with Crippen LogP contribution in [0.2, 0.25) is 0 Å². The van der Waals surface area contributed by atoms with Crippen LogP contribution in [0.3, 0.4) is 0 Å². The lowest BCUT2D eigenvalue weighted by molar-refractivity contribution is -0.136. The van der Waals surface area contributed by atoms with Crippen LogP contribution in [0.15, 0.2) is 30.3 Å². The summed E-state index contributed by atoms with van der Waals surface area (Å²) in [4.78, 5) is 27.5. The maximum atomic E-state index is 12.2. The van der Waals surface area contributed by atoms with Gasteiger partial charge in [-0.05, 0) is 18.6 Å². The van der Waals surface area contributed by atoms with Gasteiger partial charge in [-0.2, -0.15) is 0 Å². The number of amides is 2. The van der Waals surface area contributed by atoms with E-state index in [1.807, 2.05) is 30.3 Å². The molecule has 0 atom stereocenters. The summed E-state index contributed by atoms with van der Waals surface area (Å²) in [7, 11) is 1.51. The lowest BCUT2D eigenvalue weighted by atomic mass is 10.3. The number of benzene rings is 1. The van der Waals surface area contributed by atoms with Crippen molar-refractivity contribution >= 4 is 11.8 Å². The normalized spacial score (nSPS) is 15.3. The molecule has 0 radical (unpaired) electrons. The zero-order chi connectivity index (χ0) is 15.8. The van der Waals surface area contributed by atoms with Crippen molar-refractivity contribution in [2.24, 2.45) is 0 Å². The van der Waals surface area contributed by atoms with E-state index in [2.05, 4.69) is 0 Å². The van der Waals surface area contributed by atoms with Gasteiger partial charge in [-0.1, -0.05) is 18.2 Å². The zero-order valence-electron chi connectivity index (χ0n) is 12.9. The highest BCUT2D eigenvalue weighted by atomic mass is 16.5. The number of carbonyl (C=O) groups excluding carboxylic acids is 2. The third-order valence-electron chi connectivity index (χ3n) is 3.57. The van der Waals surface area contributed by atoms with Gasteiger partial charge >= 0.3 is 0 Å². The number of hydrogen-bond donors (Lipinski definition) is 0. The summed E-state index contributed by atoms with van der Waals surface area (Å²) in [5, 5.41) is 0. The van der Waals surface area contributed by atoms with Crippen LogP contribution in [0.1, 0.15) is 6.42 Å². The Balaban J connectivity index is 1.80. The molecule has 6 heteroatoms. The molecule has 6 nitrogen and oxygen atoms in total. The molecule has 0 aliphatic carbocycles. The fraction of sp³-hybridized carbons (Fsp3) is 0.500. The summed E-state index contributed by atoms with van der Waals surface area (Å²) >= 11 is 0. The standard InChI is InChI=1S/C16H22N2O4/c1-21-12-15(19)17-8-5-9-18(11-10-17)16(20)13-22-14-6-3-2-4-7-14/h2-4,6-7H,5,8-13H2,1H3. The Bertz CT molecular complexity index is 492. The van der Waals surface area contributed by atoms with E-state index in [0.717, 1.165) is 6.42 Å². The Morgan fingerprint density at radius 2 is 1.55 bits per heavy atom. The molecule has 1 aromatic carbocycles. The fourth-order valence-electron chi connectivity index (χ4n) is 2.38. The van der Waals surface area contributed by atoms with Crippen LogP contribution < -0.4 is 4.74 Å². The second-order valence-electron chi connectivity index (χ2n) is 5.15. The quantitative estimate of drug-likeness (QED) is 0.806. The van der Waals surface area contributed by atoms with Crippen LogP contribution in [0.25, 0.3) is 0 Å². The molecule has 1 aromatic rings. The highest BCUT2D eigenvalue weighted by Gasteiger charge is 2.22. The van der Waals surface area contributed by atoms with Gasteiger partial charge in [-0.15, -0.1) is 0 Å². The average Bonchev–Trinajstić information content (AvgIpc) is 2.80. The summed E-state index contributed by atoms with van der Waals surface area (Å²) in [5.41, 5.74) is 0. The molecule has 1 fully saturated rings. The topological polar surface area (TPSA) is 59.1 Å². The van der Waals surface area contributed by atoms with Gasteiger partial charge < -0.3 is 19.3 Å². The van der Waals surface area contributed by atoms with Crippen molar-refractivity contribution in [1.82, 2.24) is 9.80 Å². The van der Waals surface area contributed by atoms with Crippen LogP contribution in [0, 0.1) is 0 Å². The van der Waals surface area contributed by atoms with E-state index in [1.165, 1.54) is 7.11 Å². The van der Waals surface area contributed by atoms with Crippen molar-refractivity contribution in [3.63, 3.8) is 0 Å². The summed E-state index contributed by atoms with van der Waals surface area (Å²) < 4.78 is 10.4. The lowest BCUT2D eigenvalue weighted by Crippen LogP contribution is -2.40. The van der Waals surface area contributed by atoms with Gasteiger partial charge in [0.2, 0.25) is 5.91 Å². The van der Waals surface area contributed by atoms with E-state index >= 15 is 0 Å². The molecule has 1 heterocycles. The predicted octanol–water partition coefficient (Wildman–Crippen LogP) is 0.773. The van der Waals surface area contributed by atoms with Gasteiger partial charge in [0.1, 0.15) is 12.4 Å². The third kappa shape index (κ3) is 4.73. The molecular weight excluding hydrogens is 284 g/mol. The average molecular weight is 306 g/mol. The van der Waals surface area contributed by atoms with Crippen molar-refractivity contribution in [2.75, 3.05) is 46.5 Å². The summed E-state index contributed by atoms with van der Waals surface area (Å²) in [5.74, 6) is 0.602. The number of rotatable bonds is 5. The Hall–Kier alpha value is -2.08. The van der Waals surface area contributed by atoms with E-state index in [-0.39, 0.29) is 25.0 Å². The van der Waals surface area contributed by atoms with Crippen LogP contribution in [0.5, 0.6) is 5.75 Å². The lowest BCUT2D eigenvalue weighted by Gasteiger charge is -2.22. The predicted molar refractivity (Wildman–Crippen MR) is 81.6 cm³/mol. The molecule has 1 aliphatic rings. The number of para-hydroxylation sites is 1. The number of carbonyl (C=O) groups is 2. The maximum Gasteiger partial charge on any atom is 0.260 e. The molecule has 0 bridgehead atoms. The summed E-state index contributed by atoms with van der Waals surface area (Å²) in [6.07, 6.45) is 0.770. The van der Waals surface area contributed by atoms with Crippen molar-refractivity contribution in [3.8, 4) is 5.75 Å². The number of ether oxygens (including phenoxy) is 2. The minimum Gasteiger partial charge on any atom is -0.484 e. The van der Waals surface area contributed by atoms with E-state index in [0.29, 0.717) is 31.9 Å². The Morgan fingerprint density at radius 1 is 0.955 bits per heavy atom. The van der Waals surface area contributed by atoms with Crippen molar-refractivity contribution in [3.05, 3.63) is 30.3 Å². The third-order valence-corrected chi connectivity index (χ3v) is 3.57. The highest BCUT2D eigenvalue weighted by Crippen LogP contribution is 2.09. The van der Waals surface area contributed by atoms with E-state index in [4.69, 9.17) is 9.47 Å². The Kier molecular flexibility index (Phi) is 6.21. The highest BCUT2D eigenvalue weighted by molar-refractivity contribution is 5.79. The minimum absolute atomic E-state index is 0.0238. The largest absolute Gasteiger partial charge is 0.484 e. The van der Waals surface area contributed by atoms with Crippen LogP contribution >= 0.6 is 0 Å². The first-order chi connectivity index (χ1) is 10.7. The number of methoxy groups -OCH3 is 1. The van der Waals surface area contributed by atoms with Crippen LogP contribution in [0.4, 0.5) is 0 Å². The molecule has 0 aromatic heterocycles. The van der Waals surface area contributed by atoms with Gasteiger partial charge in [-0.3, -0.25) is 9.59 Å². The van der Waals surface area contributed by atoms with Gasteiger partial charge in [-0.25, -0.2) is 0 Å². The van der Waals surface area contributed by atoms with E-state index in [1.54, 1.807) is 9.80 Å². The van der Waals surface area contributed by atoms with Gasteiger partial charge in [0.25, 0.3) is 5.91 Å². The van der Waals surface area contributed by atoms with E-state index in [9.17, 15) is 9.59 Å². The first-order valence-electron chi connectivity index (χ1n) is 7.43. The van der Waals surface area contributed by atoms with Gasteiger partial charge in [0, 0.05) is 33.3 Å². The molecule has 2 rings (SSSR count). The van der Waals surface area contributed by atoms with Gasteiger partial charge in [0.15, 0.2) is 6.61 Å². The number of nitrogens with zero attached hydrogens (tertiary/aromatic N) is 2. The second-order valence-corrected chi connectivity index (χ2v) is 5.15. The molecular formula is C16H22N2O4. The molecule has 0 saturated carbocycles. The first-order valence-corrected chi connectivity index (χ1v) is 7.43. The molecule has 0 spiro atoms. The molecule has 2 amide bonds. The second kappa shape index (κ2) is 8.38. The molecule has 1 aliphatic heterocycles. The molecule has 22 heavy (non-hydrogen) atoms. The fourth-order valence-corrected chi connectivity index (χ4v) is 2.38. The van der Waals surface area contributed by atoms with Crippen LogP contribution in [-0.2, 0) is 14.3 Å². The number of hydrogen-bond acceptors (Lipinski definition) is 4. The SMILES string of the molecule is COCC(=O)N1CCCN(C(=O)COc2ccccc2)CC1. The van der Waals surface area contributed by atoms with Crippen LogP contribution in [-0.4, -0.2) is 68.1 Å². The van der Waals surface area contributed by atoms with Crippen molar-refractivity contribution in [1.29, 1.82) is 0 Å². The maximum absolute atomic E-state index is 12.2. The smallest absolute Gasteiger partial charge is 0.260 e. The molecule has 120 valence electrons.